The number of pyridine rings is 1. The van der Waals surface area contributed by atoms with Gasteiger partial charge in [0.25, 0.3) is 0 Å². The molecule has 1 aliphatic heterocycles. The van der Waals surface area contributed by atoms with Crippen LogP contribution < -0.4 is 5.73 Å². The Balaban J connectivity index is 1.98. The third-order valence-electron chi connectivity index (χ3n) is 4.46. The number of aromatic nitrogens is 1. The molecule has 0 bridgehead atoms. The van der Waals surface area contributed by atoms with Crippen molar-refractivity contribution in [3.63, 3.8) is 0 Å². The second-order valence-corrected chi connectivity index (χ2v) is 6.55. The van der Waals surface area contributed by atoms with E-state index in [4.69, 9.17) is 5.73 Å². The van der Waals surface area contributed by atoms with Crippen molar-refractivity contribution in [3.8, 4) is 11.8 Å². The van der Waals surface area contributed by atoms with E-state index in [0.717, 1.165) is 11.1 Å². The summed E-state index contributed by atoms with van der Waals surface area (Å²) in [7, 11) is 0. The van der Waals surface area contributed by atoms with Crippen molar-refractivity contribution in [3.05, 3.63) is 64.7 Å². The first-order chi connectivity index (χ1) is 12.4. The third kappa shape index (κ3) is 3.50. The zero-order chi connectivity index (χ0) is 18.7. The topological polar surface area (TPSA) is 68.3 Å². The molecule has 26 heavy (non-hydrogen) atoms. The number of rotatable bonds is 3. The van der Waals surface area contributed by atoms with Crippen LogP contribution in [0.15, 0.2) is 41.7 Å². The van der Waals surface area contributed by atoms with Gasteiger partial charge < -0.3 is 5.73 Å². The number of carbonyl (C=O) groups excluding carboxylic acids is 1. The van der Waals surface area contributed by atoms with Gasteiger partial charge in [0.2, 0.25) is 5.78 Å². The predicted molar refractivity (Wildman–Crippen MR) is 99.2 cm³/mol. The summed E-state index contributed by atoms with van der Waals surface area (Å²) < 4.78 is 14.6. The third-order valence-corrected chi connectivity index (χ3v) is 4.46. The second kappa shape index (κ2) is 7.09. The zero-order valence-corrected chi connectivity index (χ0v) is 14.8. The number of hydrogen-bond donors (Lipinski definition) is 1. The van der Waals surface area contributed by atoms with Gasteiger partial charge in [-0.25, -0.2) is 4.39 Å². The normalized spacial score (nSPS) is 18.3. The van der Waals surface area contributed by atoms with Gasteiger partial charge in [-0.05, 0) is 42.2 Å². The van der Waals surface area contributed by atoms with Gasteiger partial charge in [0.05, 0.1) is 5.54 Å². The summed E-state index contributed by atoms with van der Waals surface area (Å²) in [5, 5.41) is 0. The molecule has 0 saturated carbocycles. The number of hydrogen-bond acceptors (Lipinski definition) is 4. The van der Waals surface area contributed by atoms with Gasteiger partial charge in [-0.15, -0.1) is 0 Å². The van der Waals surface area contributed by atoms with Crippen LogP contribution in [0.5, 0.6) is 0 Å². The molecule has 0 saturated heterocycles. The van der Waals surface area contributed by atoms with Crippen LogP contribution in [0, 0.1) is 17.7 Å². The Morgan fingerprint density at radius 2 is 2.19 bits per heavy atom. The van der Waals surface area contributed by atoms with Crippen molar-refractivity contribution in [2.24, 2.45) is 10.7 Å². The van der Waals surface area contributed by atoms with Crippen molar-refractivity contribution in [1.82, 2.24) is 4.98 Å². The molecule has 132 valence electrons. The molecule has 1 aliphatic rings. The molecule has 2 N–H and O–H groups in total. The highest BCUT2D eigenvalue weighted by molar-refractivity contribution is 6.00. The Hall–Kier alpha value is -3.00. The number of aliphatic imine (C=N–C) groups is 1. The van der Waals surface area contributed by atoms with Gasteiger partial charge in [-0.2, -0.15) is 0 Å². The SMILES string of the molecule is CCC#CC(=O)Cc1ccc(F)c(C2(C)Cc3cnccc3C(N)=N2)c1. The molecule has 0 fully saturated rings. The average Bonchev–Trinajstić information content (AvgIpc) is 2.61. The molecule has 5 heteroatoms. The number of nitrogens with zero attached hydrogens (tertiary/aromatic N) is 2. The van der Waals surface area contributed by atoms with Crippen LogP contribution in [0.1, 0.15) is 42.5 Å². The maximum Gasteiger partial charge on any atom is 0.209 e. The molecular formula is C21H20FN3O. The minimum Gasteiger partial charge on any atom is -0.383 e. The molecular weight excluding hydrogens is 329 g/mol. The highest BCUT2D eigenvalue weighted by Gasteiger charge is 2.34. The van der Waals surface area contributed by atoms with Gasteiger partial charge in [0.15, 0.2) is 0 Å². The molecule has 1 aromatic carbocycles. The van der Waals surface area contributed by atoms with Crippen molar-refractivity contribution in [1.29, 1.82) is 0 Å². The maximum absolute atomic E-state index is 14.6. The molecule has 0 aliphatic carbocycles. The summed E-state index contributed by atoms with van der Waals surface area (Å²) in [6.45, 7) is 3.73. The van der Waals surface area contributed by atoms with Gasteiger partial charge in [0.1, 0.15) is 11.7 Å². The van der Waals surface area contributed by atoms with E-state index in [2.05, 4.69) is 21.8 Å². The first-order valence-electron chi connectivity index (χ1n) is 8.52. The predicted octanol–water partition coefficient (Wildman–Crippen LogP) is 2.92. The minimum absolute atomic E-state index is 0.147. The lowest BCUT2D eigenvalue weighted by atomic mass is 9.81. The Labute approximate surface area is 152 Å². The number of nitrogens with two attached hydrogens (primary N) is 1. The molecule has 2 aromatic rings. The van der Waals surface area contributed by atoms with E-state index in [1.54, 1.807) is 24.5 Å². The van der Waals surface area contributed by atoms with E-state index in [1.807, 2.05) is 19.9 Å². The molecule has 3 rings (SSSR count). The van der Waals surface area contributed by atoms with Crippen LogP contribution in [0.4, 0.5) is 4.39 Å². The van der Waals surface area contributed by atoms with Crippen LogP contribution in [0.3, 0.4) is 0 Å². The van der Waals surface area contributed by atoms with Crippen molar-refractivity contribution >= 4 is 11.6 Å². The van der Waals surface area contributed by atoms with Crippen LogP contribution in [0.25, 0.3) is 0 Å². The van der Waals surface area contributed by atoms with E-state index in [0.29, 0.717) is 29.8 Å². The lowest BCUT2D eigenvalue weighted by Gasteiger charge is -2.32. The first kappa shape index (κ1) is 17.8. The molecule has 1 aromatic heterocycles. The molecule has 1 atom stereocenters. The summed E-state index contributed by atoms with van der Waals surface area (Å²) in [6.07, 6.45) is 4.66. The Kier molecular flexibility index (Phi) is 4.85. The Morgan fingerprint density at radius 1 is 1.38 bits per heavy atom. The molecule has 0 radical (unpaired) electrons. The lowest BCUT2D eigenvalue weighted by molar-refractivity contribution is -0.113. The quantitative estimate of drug-likeness (QED) is 0.684. The van der Waals surface area contributed by atoms with E-state index in [-0.39, 0.29) is 18.0 Å². The Bertz CT molecular complexity index is 955. The van der Waals surface area contributed by atoms with E-state index < -0.39 is 5.54 Å². The fourth-order valence-electron chi connectivity index (χ4n) is 3.22. The highest BCUT2D eigenvalue weighted by Crippen LogP contribution is 2.36. The lowest BCUT2D eigenvalue weighted by Crippen LogP contribution is -2.34. The first-order valence-corrected chi connectivity index (χ1v) is 8.52. The van der Waals surface area contributed by atoms with Crippen LogP contribution in [0.2, 0.25) is 0 Å². The Morgan fingerprint density at radius 3 is 2.96 bits per heavy atom. The number of Topliss-reactive ketones (excluding diaryl/α,β-unsaturated/α-hetero) is 1. The zero-order valence-electron chi connectivity index (χ0n) is 14.8. The van der Waals surface area contributed by atoms with Crippen molar-refractivity contribution in [2.45, 2.75) is 38.6 Å². The number of carbonyl (C=O) groups is 1. The standard InChI is InChI=1S/C21H20FN3O/c1-3-4-5-16(26)10-14-6-7-19(22)18(11-14)21(2)12-15-13-24-9-8-17(15)20(23)25-21/h6-9,11,13H,3,10,12H2,1-2H3,(H2,23,25). The summed E-state index contributed by atoms with van der Waals surface area (Å²) in [5.74, 6) is 5.16. The van der Waals surface area contributed by atoms with E-state index in [1.165, 1.54) is 6.07 Å². The fourth-order valence-corrected chi connectivity index (χ4v) is 3.22. The van der Waals surface area contributed by atoms with Gasteiger partial charge >= 0.3 is 0 Å². The molecule has 4 nitrogen and oxygen atoms in total. The monoisotopic (exact) mass is 349 g/mol. The number of benzene rings is 1. The fraction of sp³-hybridized carbons (Fsp3) is 0.286. The van der Waals surface area contributed by atoms with Crippen molar-refractivity contribution < 1.29 is 9.18 Å². The van der Waals surface area contributed by atoms with E-state index >= 15 is 0 Å². The molecule has 0 amide bonds. The molecule has 2 heterocycles. The smallest absolute Gasteiger partial charge is 0.209 e. The highest BCUT2D eigenvalue weighted by atomic mass is 19.1. The summed E-state index contributed by atoms with van der Waals surface area (Å²) in [5.41, 5.74) is 8.15. The average molecular weight is 349 g/mol. The summed E-state index contributed by atoms with van der Waals surface area (Å²) >= 11 is 0. The van der Waals surface area contributed by atoms with Crippen molar-refractivity contribution in [2.75, 3.05) is 0 Å². The number of ketones is 1. The van der Waals surface area contributed by atoms with Crippen LogP contribution >= 0.6 is 0 Å². The molecule has 0 spiro atoms. The van der Waals surface area contributed by atoms with Gasteiger partial charge in [-0.3, -0.25) is 14.8 Å². The second-order valence-electron chi connectivity index (χ2n) is 6.55. The van der Waals surface area contributed by atoms with Gasteiger partial charge in [-0.1, -0.05) is 18.9 Å². The van der Waals surface area contributed by atoms with E-state index in [9.17, 15) is 9.18 Å². The number of amidine groups is 1. The molecule has 1 unspecified atom stereocenters. The summed E-state index contributed by atoms with van der Waals surface area (Å²) in [6, 6.07) is 6.49. The maximum atomic E-state index is 14.6. The van der Waals surface area contributed by atoms with Crippen LogP contribution in [-0.2, 0) is 23.2 Å². The van der Waals surface area contributed by atoms with Gasteiger partial charge in [0, 0.05) is 42.8 Å². The number of halogens is 1. The number of fused-ring (bicyclic) bond motifs is 1. The largest absolute Gasteiger partial charge is 0.383 e. The summed E-state index contributed by atoms with van der Waals surface area (Å²) in [4.78, 5) is 20.6. The minimum atomic E-state index is -0.849. The van der Waals surface area contributed by atoms with Crippen LogP contribution in [-0.4, -0.2) is 16.6 Å².